The number of nitrogen functional groups attached to an aromatic ring is 1. The SMILES string of the molecule is Nc1cccc2c(NCC3CCCCS3)ccnc12. The molecule has 19 heavy (non-hydrogen) atoms. The molecule has 0 saturated carbocycles. The molecule has 2 heterocycles. The molecule has 100 valence electrons. The first kappa shape index (κ1) is 12.6. The third kappa shape index (κ3) is 2.78. The van der Waals surface area contributed by atoms with Crippen LogP contribution >= 0.6 is 11.8 Å². The van der Waals surface area contributed by atoms with Gasteiger partial charge in [-0.05, 0) is 30.7 Å². The Hall–Kier alpha value is -1.42. The van der Waals surface area contributed by atoms with Crippen LogP contribution < -0.4 is 11.1 Å². The van der Waals surface area contributed by atoms with Gasteiger partial charge in [0.1, 0.15) is 0 Å². The van der Waals surface area contributed by atoms with Gasteiger partial charge in [-0.15, -0.1) is 0 Å². The van der Waals surface area contributed by atoms with E-state index in [0.717, 1.165) is 34.1 Å². The molecule has 1 fully saturated rings. The lowest BCUT2D eigenvalue weighted by Gasteiger charge is -2.22. The van der Waals surface area contributed by atoms with E-state index in [4.69, 9.17) is 5.73 Å². The molecule has 4 heteroatoms. The highest BCUT2D eigenvalue weighted by atomic mass is 32.2. The van der Waals surface area contributed by atoms with Crippen molar-refractivity contribution in [1.29, 1.82) is 0 Å². The first-order chi connectivity index (χ1) is 9.34. The van der Waals surface area contributed by atoms with Gasteiger partial charge in [0.05, 0.1) is 11.2 Å². The molecule has 1 aliphatic rings. The maximum atomic E-state index is 5.97. The van der Waals surface area contributed by atoms with Gasteiger partial charge in [0.2, 0.25) is 0 Å². The molecule has 1 unspecified atom stereocenters. The van der Waals surface area contributed by atoms with Crippen molar-refractivity contribution in [3.05, 3.63) is 30.5 Å². The molecule has 1 saturated heterocycles. The van der Waals surface area contributed by atoms with Crippen LogP contribution in [0.4, 0.5) is 11.4 Å². The van der Waals surface area contributed by atoms with Gasteiger partial charge in [-0.3, -0.25) is 4.98 Å². The number of nitrogens with zero attached hydrogens (tertiary/aromatic N) is 1. The number of benzene rings is 1. The molecule has 3 N–H and O–H groups in total. The smallest absolute Gasteiger partial charge is 0.0951 e. The Bertz CT molecular complexity index is 564. The summed E-state index contributed by atoms with van der Waals surface area (Å²) in [5, 5.41) is 5.42. The second-order valence-corrected chi connectivity index (χ2v) is 6.38. The van der Waals surface area contributed by atoms with E-state index in [9.17, 15) is 0 Å². The molecule has 2 aromatic rings. The van der Waals surface area contributed by atoms with Crippen LogP contribution in [0.2, 0.25) is 0 Å². The molecule has 1 aromatic heterocycles. The number of fused-ring (bicyclic) bond motifs is 1. The summed E-state index contributed by atoms with van der Waals surface area (Å²) in [6.07, 6.45) is 5.89. The van der Waals surface area contributed by atoms with E-state index < -0.39 is 0 Å². The highest BCUT2D eigenvalue weighted by Crippen LogP contribution is 2.28. The van der Waals surface area contributed by atoms with Crippen LogP contribution in [0.15, 0.2) is 30.5 Å². The molecule has 1 aliphatic heterocycles. The number of thioether (sulfide) groups is 1. The fraction of sp³-hybridized carbons (Fsp3) is 0.400. The first-order valence-corrected chi connectivity index (χ1v) is 7.88. The van der Waals surface area contributed by atoms with Crippen molar-refractivity contribution in [2.75, 3.05) is 23.3 Å². The van der Waals surface area contributed by atoms with E-state index in [-0.39, 0.29) is 0 Å². The summed E-state index contributed by atoms with van der Waals surface area (Å²) < 4.78 is 0. The van der Waals surface area contributed by atoms with E-state index in [1.165, 1.54) is 25.0 Å². The lowest BCUT2D eigenvalue weighted by molar-refractivity contribution is 0.678. The van der Waals surface area contributed by atoms with Gasteiger partial charge in [0.25, 0.3) is 0 Å². The third-order valence-corrected chi connectivity index (χ3v) is 4.99. The molecule has 0 radical (unpaired) electrons. The van der Waals surface area contributed by atoms with Crippen LogP contribution in [0.3, 0.4) is 0 Å². The van der Waals surface area contributed by atoms with Crippen molar-refractivity contribution in [1.82, 2.24) is 4.98 Å². The monoisotopic (exact) mass is 273 g/mol. The second kappa shape index (κ2) is 5.70. The quantitative estimate of drug-likeness (QED) is 0.840. The molecule has 0 aliphatic carbocycles. The average molecular weight is 273 g/mol. The topological polar surface area (TPSA) is 50.9 Å². The van der Waals surface area contributed by atoms with Crippen LogP contribution in [-0.2, 0) is 0 Å². The maximum absolute atomic E-state index is 5.97. The number of para-hydroxylation sites is 1. The molecule has 1 atom stereocenters. The summed E-state index contributed by atoms with van der Waals surface area (Å²) >= 11 is 2.09. The summed E-state index contributed by atoms with van der Waals surface area (Å²) in [7, 11) is 0. The number of nitrogens with two attached hydrogens (primary N) is 1. The van der Waals surface area contributed by atoms with Crippen molar-refractivity contribution in [3.8, 4) is 0 Å². The van der Waals surface area contributed by atoms with E-state index in [1.54, 1.807) is 0 Å². The van der Waals surface area contributed by atoms with E-state index in [0.29, 0.717) is 0 Å². The predicted octanol–water partition coefficient (Wildman–Crippen LogP) is 3.51. The Labute approximate surface area is 118 Å². The first-order valence-electron chi connectivity index (χ1n) is 6.83. The summed E-state index contributed by atoms with van der Waals surface area (Å²) in [6.45, 7) is 1.03. The minimum Gasteiger partial charge on any atom is -0.397 e. The van der Waals surface area contributed by atoms with Gasteiger partial charge in [0, 0.05) is 29.1 Å². The van der Waals surface area contributed by atoms with Gasteiger partial charge in [-0.2, -0.15) is 11.8 Å². The van der Waals surface area contributed by atoms with Crippen molar-refractivity contribution in [3.63, 3.8) is 0 Å². The van der Waals surface area contributed by atoms with Gasteiger partial charge >= 0.3 is 0 Å². The second-order valence-electron chi connectivity index (χ2n) is 4.97. The van der Waals surface area contributed by atoms with Crippen molar-refractivity contribution < 1.29 is 0 Å². The fourth-order valence-electron chi connectivity index (χ4n) is 2.55. The Morgan fingerprint density at radius 1 is 1.32 bits per heavy atom. The highest BCUT2D eigenvalue weighted by molar-refractivity contribution is 7.99. The number of anilines is 2. The molecule has 0 amide bonds. The molecular formula is C15H19N3S. The Morgan fingerprint density at radius 2 is 2.26 bits per heavy atom. The zero-order valence-electron chi connectivity index (χ0n) is 10.9. The van der Waals surface area contributed by atoms with Crippen LogP contribution in [0.1, 0.15) is 19.3 Å². The molecule has 3 nitrogen and oxygen atoms in total. The summed E-state index contributed by atoms with van der Waals surface area (Å²) in [5.41, 5.74) is 8.75. The standard InChI is InChI=1S/C15H19N3S/c16-13-6-3-5-12-14(7-8-17-15(12)13)18-10-11-4-1-2-9-19-11/h3,5-8,11H,1-2,4,9-10,16H2,(H,17,18). The van der Waals surface area contributed by atoms with Crippen LogP contribution in [0.5, 0.6) is 0 Å². The predicted molar refractivity (Wildman–Crippen MR) is 84.7 cm³/mol. The zero-order valence-corrected chi connectivity index (χ0v) is 11.7. The number of hydrogen-bond acceptors (Lipinski definition) is 4. The summed E-state index contributed by atoms with van der Waals surface area (Å²) in [5.74, 6) is 1.30. The number of hydrogen-bond donors (Lipinski definition) is 2. The number of nitrogens with one attached hydrogen (secondary N) is 1. The number of aromatic nitrogens is 1. The Morgan fingerprint density at radius 3 is 3.11 bits per heavy atom. The molecule has 1 aromatic carbocycles. The Balaban J connectivity index is 1.79. The van der Waals surface area contributed by atoms with Crippen molar-refractivity contribution in [2.45, 2.75) is 24.5 Å². The highest BCUT2D eigenvalue weighted by Gasteiger charge is 2.14. The normalized spacial score (nSPS) is 19.5. The third-order valence-electron chi connectivity index (χ3n) is 3.60. The molecular weight excluding hydrogens is 254 g/mol. The van der Waals surface area contributed by atoms with Crippen molar-refractivity contribution >= 4 is 34.0 Å². The van der Waals surface area contributed by atoms with Crippen molar-refractivity contribution in [2.24, 2.45) is 0 Å². The summed E-state index contributed by atoms with van der Waals surface area (Å²) in [4.78, 5) is 4.37. The zero-order chi connectivity index (χ0) is 13.1. The van der Waals surface area contributed by atoms with E-state index >= 15 is 0 Å². The minimum absolute atomic E-state index is 0.734. The van der Waals surface area contributed by atoms with Gasteiger partial charge < -0.3 is 11.1 Å². The number of rotatable bonds is 3. The lowest BCUT2D eigenvalue weighted by Crippen LogP contribution is -2.20. The van der Waals surface area contributed by atoms with Gasteiger partial charge in [0.15, 0.2) is 0 Å². The molecule has 0 bridgehead atoms. The van der Waals surface area contributed by atoms with Crippen LogP contribution in [-0.4, -0.2) is 22.5 Å². The lowest BCUT2D eigenvalue weighted by atomic mass is 10.1. The van der Waals surface area contributed by atoms with Crippen LogP contribution in [0.25, 0.3) is 10.9 Å². The number of pyridine rings is 1. The fourth-order valence-corrected chi connectivity index (χ4v) is 3.78. The average Bonchev–Trinajstić information content (AvgIpc) is 2.47. The van der Waals surface area contributed by atoms with Crippen LogP contribution in [0, 0.1) is 0 Å². The molecule has 0 spiro atoms. The minimum atomic E-state index is 0.734. The van der Waals surface area contributed by atoms with Gasteiger partial charge in [-0.1, -0.05) is 18.6 Å². The maximum Gasteiger partial charge on any atom is 0.0951 e. The summed E-state index contributed by atoms with van der Waals surface area (Å²) in [6, 6.07) is 8.00. The van der Waals surface area contributed by atoms with E-state index in [2.05, 4.69) is 28.1 Å². The van der Waals surface area contributed by atoms with Gasteiger partial charge in [-0.25, -0.2) is 0 Å². The molecule has 3 rings (SSSR count). The largest absolute Gasteiger partial charge is 0.397 e. The Kier molecular flexibility index (Phi) is 3.78. The van der Waals surface area contributed by atoms with E-state index in [1.807, 2.05) is 24.4 Å².